The Bertz CT molecular complexity index is 1070. The molecule has 30 heavy (non-hydrogen) atoms. The van der Waals surface area contributed by atoms with E-state index in [-0.39, 0.29) is 0 Å². The van der Waals surface area contributed by atoms with E-state index in [1.807, 2.05) is 24.3 Å². The van der Waals surface area contributed by atoms with Crippen molar-refractivity contribution in [3.63, 3.8) is 0 Å². The molecule has 0 amide bonds. The second kappa shape index (κ2) is 10.2. The first-order valence-electron chi connectivity index (χ1n) is 8.68. The van der Waals surface area contributed by atoms with Crippen molar-refractivity contribution in [3.05, 3.63) is 82.4 Å². The fourth-order valence-electron chi connectivity index (χ4n) is 2.29. The number of nitrogens with one attached hydrogen (secondary N) is 2. The van der Waals surface area contributed by atoms with Crippen LogP contribution in [0.4, 0.5) is 11.4 Å². The molecule has 0 spiro atoms. The molecule has 150 valence electrons. The SMILES string of the molecule is Clc1cn[nH]c1C=Nc1ccc([Se][Se]c2ccc(N=Cc3[nH]ncc3Cl)cc2)cc1. The minimum atomic E-state index is 0.399. The molecule has 0 fully saturated rings. The van der Waals surface area contributed by atoms with Gasteiger partial charge in [-0.15, -0.1) is 0 Å². The van der Waals surface area contributed by atoms with Crippen LogP contribution < -0.4 is 8.92 Å². The number of hydrogen-bond acceptors (Lipinski definition) is 4. The molecule has 0 radical (unpaired) electrons. The third-order valence-electron chi connectivity index (χ3n) is 3.83. The first-order valence-corrected chi connectivity index (χ1v) is 15.5. The molecule has 2 aromatic heterocycles. The van der Waals surface area contributed by atoms with Crippen molar-refractivity contribution in [3.8, 4) is 0 Å². The van der Waals surface area contributed by atoms with Crippen molar-refractivity contribution in [2.24, 2.45) is 9.98 Å². The summed E-state index contributed by atoms with van der Waals surface area (Å²) in [6.07, 6.45) is 6.49. The molecule has 0 atom stereocenters. The van der Waals surface area contributed by atoms with E-state index in [1.54, 1.807) is 24.8 Å². The molecule has 10 heteroatoms. The van der Waals surface area contributed by atoms with E-state index < -0.39 is 0 Å². The van der Waals surface area contributed by atoms with Gasteiger partial charge in [0.15, 0.2) is 0 Å². The fourth-order valence-corrected chi connectivity index (χ4v) is 8.54. The Hall–Kier alpha value is -2.18. The summed E-state index contributed by atoms with van der Waals surface area (Å²) in [5, 5.41) is 14.5. The first-order chi connectivity index (χ1) is 14.7. The van der Waals surface area contributed by atoms with Crippen LogP contribution in [0.25, 0.3) is 0 Å². The van der Waals surface area contributed by atoms with Crippen LogP contribution in [-0.2, 0) is 0 Å². The maximum absolute atomic E-state index is 5.99. The number of nitrogens with zero attached hydrogens (tertiary/aromatic N) is 4. The van der Waals surface area contributed by atoms with Crippen LogP contribution in [0.3, 0.4) is 0 Å². The van der Waals surface area contributed by atoms with Crippen molar-refractivity contribution < 1.29 is 0 Å². The second-order valence-corrected chi connectivity index (χ2v) is 13.1. The van der Waals surface area contributed by atoms with E-state index in [9.17, 15) is 0 Å². The summed E-state index contributed by atoms with van der Waals surface area (Å²) in [7, 11) is 0. The summed E-state index contributed by atoms with van der Waals surface area (Å²) in [6.45, 7) is 0. The van der Waals surface area contributed by atoms with Gasteiger partial charge in [-0.3, -0.25) is 0 Å². The summed E-state index contributed by atoms with van der Waals surface area (Å²) in [4.78, 5) is 8.85. The number of halogens is 2. The van der Waals surface area contributed by atoms with Gasteiger partial charge in [0, 0.05) is 0 Å². The van der Waals surface area contributed by atoms with Crippen LogP contribution in [0.1, 0.15) is 11.4 Å². The molecular weight excluding hydrogens is 553 g/mol. The van der Waals surface area contributed by atoms with Gasteiger partial charge >= 0.3 is 195 Å². The minimum absolute atomic E-state index is 0.399. The molecule has 0 aliphatic rings. The average Bonchev–Trinajstić information content (AvgIpc) is 3.38. The van der Waals surface area contributed by atoms with E-state index >= 15 is 0 Å². The number of H-pyrrole nitrogens is 2. The van der Waals surface area contributed by atoms with Gasteiger partial charge < -0.3 is 0 Å². The average molecular weight is 567 g/mol. The molecule has 2 aromatic carbocycles. The second-order valence-electron chi connectivity index (χ2n) is 5.93. The Balaban J connectivity index is 1.31. The van der Waals surface area contributed by atoms with E-state index in [4.69, 9.17) is 23.2 Å². The molecule has 6 nitrogen and oxygen atoms in total. The van der Waals surface area contributed by atoms with Crippen molar-refractivity contribution >= 4 is 82.2 Å². The number of aromatic amines is 2. The van der Waals surface area contributed by atoms with Crippen LogP contribution in [0.5, 0.6) is 0 Å². The number of aliphatic imine (C=N–C) groups is 2. The van der Waals surface area contributed by atoms with Gasteiger partial charge in [0.05, 0.1) is 0 Å². The molecule has 0 bridgehead atoms. The van der Waals surface area contributed by atoms with E-state index in [0.717, 1.165) is 11.4 Å². The summed E-state index contributed by atoms with van der Waals surface area (Å²) >= 11 is 12.8. The Morgan fingerprint density at radius 1 is 0.667 bits per heavy atom. The number of aromatic nitrogens is 4. The van der Waals surface area contributed by atoms with Crippen molar-refractivity contribution in [2.45, 2.75) is 0 Å². The quantitative estimate of drug-likeness (QED) is 0.266. The van der Waals surface area contributed by atoms with Gasteiger partial charge in [0.1, 0.15) is 0 Å². The summed E-state index contributed by atoms with van der Waals surface area (Å²) in [5.74, 6) is 0. The number of hydrogen-bond donors (Lipinski definition) is 2. The normalized spacial score (nSPS) is 11.7. The fraction of sp³-hybridized carbons (Fsp3) is 0. The molecule has 0 aliphatic heterocycles. The Labute approximate surface area is 194 Å². The predicted octanol–water partition coefficient (Wildman–Crippen LogP) is 3.22. The molecule has 2 N–H and O–H groups in total. The molecule has 4 aromatic rings. The third-order valence-corrected chi connectivity index (χ3v) is 11.7. The van der Waals surface area contributed by atoms with Gasteiger partial charge in [-0.2, -0.15) is 0 Å². The summed E-state index contributed by atoms with van der Waals surface area (Å²) in [6, 6.07) is 16.6. The zero-order chi connectivity index (χ0) is 20.8. The van der Waals surface area contributed by atoms with Gasteiger partial charge in [0.2, 0.25) is 0 Å². The molecular formula is C20H14Cl2N6Se2. The zero-order valence-corrected chi connectivity index (χ0v) is 20.2. The van der Waals surface area contributed by atoms with Crippen LogP contribution in [0.2, 0.25) is 10.0 Å². The first kappa shape index (κ1) is 21.1. The van der Waals surface area contributed by atoms with E-state index in [1.165, 1.54) is 8.92 Å². The molecule has 0 saturated carbocycles. The summed E-state index contributed by atoms with van der Waals surface area (Å²) < 4.78 is 2.69. The van der Waals surface area contributed by atoms with Crippen LogP contribution in [0.15, 0.2) is 70.9 Å². The van der Waals surface area contributed by atoms with Crippen LogP contribution in [0, 0.1) is 0 Å². The maximum atomic E-state index is 5.99. The summed E-state index contributed by atoms with van der Waals surface area (Å²) in [5.41, 5.74) is 3.17. The third kappa shape index (κ3) is 5.70. The van der Waals surface area contributed by atoms with Crippen molar-refractivity contribution in [2.75, 3.05) is 0 Å². The van der Waals surface area contributed by atoms with Gasteiger partial charge in [-0.25, -0.2) is 0 Å². The standard InChI is InChI=1S/C20H14Cl2N6Se2/c21-17-9-25-27-19(17)11-23-13-1-5-15(6-2-13)29-30-16-7-3-14(4-8-16)24-12-20-18(22)10-26-28-20/h1-12H,(H,25,27)(H,26,28). The monoisotopic (exact) mass is 568 g/mol. The predicted molar refractivity (Wildman–Crippen MR) is 125 cm³/mol. The van der Waals surface area contributed by atoms with Crippen LogP contribution >= 0.6 is 23.2 Å². The van der Waals surface area contributed by atoms with Crippen molar-refractivity contribution in [1.82, 2.24) is 20.4 Å². The molecule has 2 heterocycles. The molecule has 0 aliphatic carbocycles. The molecule has 0 unspecified atom stereocenters. The topological polar surface area (TPSA) is 82.1 Å². The van der Waals surface area contributed by atoms with E-state index in [0.29, 0.717) is 47.7 Å². The van der Waals surface area contributed by atoms with Gasteiger partial charge in [-0.1, -0.05) is 0 Å². The van der Waals surface area contributed by atoms with Crippen LogP contribution in [-0.4, -0.2) is 59.1 Å². The van der Waals surface area contributed by atoms with Gasteiger partial charge in [-0.05, 0) is 0 Å². The van der Waals surface area contributed by atoms with E-state index in [2.05, 4.69) is 54.6 Å². The number of rotatable bonds is 7. The molecule has 4 rings (SSSR count). The zero-order valence-electron chi connectivity index (χ0n) is 15.3. The molecule has 0 saturated heterocycles. The Kier molecular flexibility index (Phi) is 7.18. The Morgan fingerprint density at radius 2 is 1.07 bits per heavy atom. The Morgan fingerprint density at radius 3 is 1.40 bits per heavy atom. The number of benzene rings is 2. The van der Waals surface area contributed by atoms with Gasteiger partial charge in [0.25, 0.3) is 0 Å². The van der Waals surface area contributed by atoms with Crippen molar-refractivity contribution in [1.29, 1.82) is 0 Å².